The van der Waals surface area contributed by atoms with Gasteiger partial charge in [0.1, 0.15) is 0 Å². The van der Waals surface area contributed by atoms with Gasteiger partial charge in [0, 0.05) is 5.56 Å². The van der Waals surface area contributed by atoms with E-state index in [4.69, 9.17) is 5.73 Å². The topological polar surface area (TPSA) is 69.1 Å². The molecule has 2 heterocycles. The summed E-state index contributed by atoms with van der Waals surface area (Å²) in [5.41, 5.74) is 12.2. The minimum atomic E-state index is 0.323. The second kappa shape index (κ2) is 4.68. The van der Waals surface area contributed by atoms with Crippen LogP contribution in [0, 0.1) is 20.8 Å². The first-order valence-corrected chi connectivity index (χ1v) is 6.60. The van der Waals surface area contributed by atoms with E-state index in [1.54, 1.807) is 4.52 Å². The predicted molar refractivity (Wildman–Crippen MR) is 78.3 cm³/mol. The quantitative estimate of drug-likeness (QED) is 0.772. The summed E-state index contributed by atoms with van der Waals surface area (Å²) < 4.78 is 1.72. The summed E-state index contributed by atoms with van der Waals surface area (Å²) in [6.45, 7) is 6.64. The van der Waals surface area contributed by atoms with Crippen LogP contribution in [0.4, 0.5) is 0 Å². The number of nitrogens with zero attached hydrogens (tertiary/aromatic N) is 4. The maximum atomic E-state index is 5.67. The van der Waals surface area contributed by atoms with Gasteiger partial charge in [-0.25, -0.2) is 0 Å². The second-order valence-corrected chi connectivity index (χ2v) is 5.08. The second-order valence-electron chi connectivity index (χ2n) is 5.08. The molecule has 0 saturated carbocycles. The van der Waals surface area contributed by atoms with Crippen molar-refractivity contribution in [1.29, 1.82) is 0 Å². The molecule has 0 amide bonds. The Morgan fingerprint density at radius 2 is 1.75 bits per heavy atom. The average molecular weight is 267 g/mol. The van der Waals surface area contributed by atoms with E-state index in [0.717, 1.165) is 16.9 Å². The normalized spacial score (nSPS) is 11.2. The summed E-state index contributed by atoms with van der Waals surface area (Å²) in [6.07, 6.45) is 0. The van der Waals surface area contributed by atoms with Crippen LogP contribution in [-0.4, -0.2) is 19.8 Å². The van der Waals surface area contributed by atoms with Gasteiger partial charge in [-0.3, -0.25) is 0 Å². The van der Waals surface area contributed by atoms with E-state index >= 15 is 0 Å². The molecule has 2 N–H and O–H groups in total. The zero-order valence-corrected chi connectivity index (χ0v) is 11.9. The third-order valence-corrected chi connectivity index (χ3v) is 3.44. The number of aromatic nitrogens is 4. The van der Waals surface area contributed by atoms with E-state index in [9.17, 15) is 0 Å². The highest BCUT2D eigenvalue weighted by atomic mass is 15.4. The number of hydrogen-bond donors (Lipinski definition) is 1. The van der Waals surface area contributed by atoms with Gasteiger partial charge < -0.3 is 5.73 Å². The van der Waals surface area contributed by atoms with Gasteiger partial charge in [-0.1, -0.05) is 17.7 Å². The largest absolute Gasteiger partial charge is 0.324 e. The minimum Gasteiger partial charge on any atom is -0.324 e. The number of fused-ring (bicyclic) bond motifs is 1. The minimum absolute atomic E-state index is 0.323. The van der Waals surface area contributed by atoms with E-state index in [1.807, 2.05) is 12.1 Å². The van der Waals surface area contributed by atoms with Crippen molar-refractivity contribution in [2.24, 2.45) is 5.73 Å². The highest BCUT2D eigenvalue weighted by molar-refractivity contribution is 5.68. The molecule has 5 heteroatoms. The lowest BCUT2D eigenvalue weighted by Gasteiger charge is -2.11. The Bertz CT molecular complexity index is 765. The summed E-state index contributed by atoms with van der Waals surface area (Å²) >= 11 is 0. The van der Waals surface area contributed by atoms with E-state index < -0.39 is 0 Å². The fraction of sp³-hybridized carbons (Fsp3) is 0.267. The van der Waals surface area contributed by atoms with Gasteiger partial charge in [0.25, 0.3) is 0 Å². The van der Waals surface area contributed by atoms with Gasteiger partial charge in [-0.15, -0.1) is 10.2 Å². The van der Waals surface area contributed by atoms with Crippen molar-refractivity contribution in [3.8, 4) is 11.3 Å². The number of hydrogen-bond acceptors (Lipinski definition) is 4. The van der Waals surface area contributed by atoms with E-state index in [2.05, 4.69) is 48.2 Å². The van der Waals surface area contributed by atoms with Crippen molar-refractivity contribution in [2.45, 2.75) is 27.3 Å². The molecular weight excluding hydrogens is 250 g/mol. The van der Waals surface area contributed by atoms with Crippen LogP contribution in [0.3, 0.4) is 0 Å². The molecule has 0 bridgehead atoms. The van der Waals surface area contributed by atoms with Crippen molar-refractivity contribution >= 4 is 5.65 Å². The van der Waals surface area contributed by atoms with Crippen LogP contribution in [-0.2, 0) is 6.54 Å². The van der Waals surface area contributed by atoms with Gasteiger partial charge in [-0.2, -0.15) is 9.61 Å². The Kier molecular flexibility index (Phi) is 2.99. The fourth-order valence-electron chi connectivity index (χ4n) is 2.68. The first kappa shape index (κ1) is 12.7. The number of rotatable bonds is 2. The van der Waals surface area contributed by atoms with Crippen LogP contribution in [0.25, 0.3) is 16.9 Å². The predicted octanol–water partition coefficient (Wildman–Crippen LogP) is 2.18. The molecule has 20 heavy (non-hydrogen) atoms. The summed E-state index contributed by atoms with van der Waals surface area (Å²) in [4.78, 5) is 0. The van der Waals surface area contributed by atoms with Crippen LogP contribution in [0.1, 0.15) is 22.5 Å². The van der Waals surface area contributed by atoms with Crippen LogP contribution in [0.2, 0.25) is 0 Å². The molecular formula is C15H17N5. The highest BCUT2D eigenvalue weighted by Crippen LogP contribution is 2.26. The number of nitrogens with two attached hydrogens (primary N) is 1. The first-order chi connectivity index (χ1) is 9.60. The lowest BCUT2D eigenvalue weighted by Crippen LogP contribution is -2.06. The molecule has 5 nitrogen and oxygen atoms in total. The van der Waals surface area contributed by atoms with E-state index in [0.29, 0.717) is 12.4 Å². The molecule has 0 aliphatic rings. The molecule has 3 aromatic rings. The van der Waals surface area contributed by atoms with Crippen molar-refractivity contribution in [3.63, 3.8) is 0 Å². The van der Waals surface area contributed by atoms with E-state index in [1.165, 1.54) is 16.7 Å². The molecule has 0 radical (unpaired) electrons. The molecule has 2 aromatic heterocycles. The molecule has 102 valence electrons. The molecule has 0 atom stereocenters. The SMILES string of the molecule is Cc1cc(C)c(-c2ccc3nnc(CN)n3n2)c(C)c1. The summed E-state index contributed by atoms with van der Waals surface area (Å²) in [5, 5.41) is 12.7. The average Bonchev–Trinajstić information content (AvgIpc) is 2.79. The number of benzene rings is 1. The molecule has 0 spiro atoms. The van der Waals surface area contributed by atoms with Gasteiger partial charge in [-0.05, 0) is 44.0 Å². The third-order valence-electron chi connectivity index (χ3n) is 3.44. The maximum absolute atomic E-state index is 5.67. The molecule has 0 aliphatic carbocycles. The molecule has 1 aromatic carbocycles. The van der Waals surface area contributed by atoms with Crippen LogP contribution in [0.5, 0.6) is 0 Å². The van der Waals surface area contributed by atoms with Crippen LogP contribution < -0.4 is 5.73 Å². The Morgan fingerprint density at radius 1 is 1.05 bits per heavy atom. The summed E-state index contributed by atoms with van der Waals surface area (Å²) in [6, 6.07) is 8.25. The van der Waals surface area contributed by atoms with Crippen LogP contribution >= 0.6 is 0 Å². The van der Waals surface area contributed by atoms with Crippen molar-refractivity contribution < 1.29 is 0 Å². The fourth-order valence-corrected chi connectivity index (χ4v) is 2.68. The summed E-state index contributed by atoms with van der Waals surface area (Å²) in [7, 11) is 0. The van der Waals surface area contributed by atoms with Gasteiger partial charge in [0.2, 0.25) is 0 Å². The molecule has 0 aliphatic heterocycles. The van der Waals surface area contributed by atoms with Crippen molar-refractivity contribution in [2.75, 3.05) is 0 Å². The summed E-state index contributed by atoms with van der Waals surface area (Å²) in [5.74, 6) is 0.671. The maximum Gasteiger partial charge on any atom is 0.177 e. The Hall–Kier alpha value is -2.27. The highest BCUT2D eigenvalue weighted by Gasteiger charge is 2.11. The first-order valence-electron chi connectivity index (χ1n) is 6.60. The molecule has 3 rings (SSSR count). The zero-order valence-electron chi connectivity index (χ0n) is 11.9. The van der Waals surface area contributed by atoms with Crippen LogP contribution in [0.15, 0.2) is 24.3 Å². The lowest BCUT2D eigenvalue weighted by atomic mass is 9.97. The van der Waals surface area contributed by atoms with Gasteiger partial charge in [0.05, 0.1) is 12.2 Å². The standard InChI is InChI=1S/C15H17N5/c1-9-6-10(2)15(11(3)7-9)12-4-5-13-17-18-14(8-16)20(13)19-12/h4-7H,8,16H2,1-3H3. The lowest BCUT2D eigenvalue weighted by molar-refractivity contribution is 0.811. The number of aryl methyl sites for hydroxylation is 3. The zero-order chi connectivity index (χ0) is 14.3. The van der Waals surface area contributed by atoms with Gasteiger partial charge in [0.15, 0.2) is 11.5 Å². The third kappa shape index (κ3) is 1.96. The van der Waals surface area contributed by atoms with E-state index in [-0.39, 0.29) is 0 Å². The molecule has 0 saturated heterocycles. The van der Waals surface area contributed by atoms with Gasteiger partial charge >= 0.3 is 0 Å². The Morgan fingerprint density at radius 3 is 2.40 bits per heavy atom. The Labute approximate surface area is 117 Å². The Balaban J connectivity index is 2.24. The molecule has 0 fully saturated rings. The smallest absolute Gasteiger partial charge is 0.177 e. The monoisotopic (exact) mass is 267 g/mol. The van der Waals surface area contributed by atoms with Crippen molar-refractivity contribution in [3.05, 3.63) is 46.8 Å². The van der Waals surface area contributed by atoms with Crippen molar-refractivity contribution in [1.82, 2.24) is 19.8 Å². The molecule has 0 unspecified atom stereocenters.